The molecule has 0 atom stereocenters. The normalized spacial score (nSPS) is 18.2. The topological polar surface area (TPSA) is 88.2 Å². The molecule has 0 unspecified atom stereocenters. The third kappa shape index (κ3) is 7.14. The number of ether oxygens (including phenoxy) is 2. The maximum atomic E-state index is 12.9. The summed E-state index contributed by atoms with van der Waals surface area (Å²) >= 11 is 0. The molecule has 0 radical (unpaired) electrons. The van der Waals surface area contributed by atoms with E-state index in [9.17, 15) is 14.4 Å². The van der Waals surface area contributed by atoms with Crippen molar-refractivity contribution in [3.63, 3.8) is 0 Å². The minimum Gasteiger partial charge on any atom is -0.445 e. The van der Waals surface area contributed by atoms with Crippen molar-refractivity contribution in [3.05, 3.63) is 35.9 Å². The lowest BCUT2D eigenvalue weighted by Gasteiger charge is -2.37. The Balaban J connectivity index is 1.35. The molecule has 176 valence electrons. The van der Waals surface area contributed by atoms with E-state index in [2.05, 4.69) is 5.32 Å². The summed E-state index contributed by atoms with van der Waals surface area (Å²) in [6.45, 7) is 8.11. The van der Waals surface area contributed by atoms with Crippen molar-refractivity contribution in [1.29, 1.82) is 0 Å². The fourth-order valence-corrected chi connectivity index (χ4v) is 4.07. The van der Waals surface area contributed by atoms with Gasteiger partial charge in [-0.15, -0.1) is 0 Å². The highest BCUT2D eigenvalue weighted by Gasteiger charge is 2.33. The van der Waals surface area contributed by atoms with Crippen molar-refractivity contribution in [3.8, 4) is 0 Å². The van der Waals surface area contributed by atoms with Crippen LogP contribution in [0.25, 0.3) is 0 Å². The number of nitrogens with zero attached hydrogens (tertiary/aromatic N) is 2. The van der Waals surface area contributed by atoms with Gasteiger partial charge in [0, 0.05) is 38.1 Å². The van der Waals surface area contributed by atoms with Crippen LogP contribution in [0.1, 0.15) is 52.0 Å². The van der Waals surface area contributed by atoms with Gasteiger partial charge >= 0.3 is 12.2 Å². The SMILES string of the molecule is CC(C)(C)OC(=O)N1CCC(C(=O)N2CCC(NC(=O)OCc3ccccc3)CC2)CC1. The first-order chi connectivity index (χ1) is 15.2. The van der Waals surface area contributed by atoms with Crippen LogP contribution in [-0.2, 0) is 20.9 Å². The number of benzene rings is 1. The maximum absolute atomic E-state index is 12.9. The molecule has 2 aliphatic rings. The number of hydrogen-bond donors (Lipinski definition) is 1. The maximum Gasteiger partial charge on any atom is 0.410 e. The minimum atomic E-state index is -0.518. The molecule has 0 saturated carbocycles. The Bertz CT molecular complexity index is 777. The number of hydrogen-bond acceptors (Lipinski definition) is 5. The van der Waals surface area contributed by atoms with Gasteiger partial charge < -0.3 is 24.6 Å². The van der Waals surface area contributed by atoms with Gasteiger partial charge in [-0.1, -0.05) is 30.3 Å². The second-order valence-electron chi connectivity index (χ2n) is 9.55. The third-order valence-corrected chi connectivity index (χ3v) is 5.84. The van der Waals surface area contributed by atoms with Crippen molar-refractivity contribution < 1.29 is 23.9 Å². The lowest BCUT2D eigenvalue weighted by atomic mass is 9.94. The van der Waals surface area contributed by atoms with Crippen LogP contribution in [0.3, 0.4) is 0 Å². The first-order valence-corrected chi connectivity index (χ1v) is 11.5. The first kappa shape index (κ1) is 23.9. The smallest absolute Gasteiger partial charge is 0.410 e. The highest BCUT2D eigenvalue weighted by molar-refractivity contribution is 5.79. The van der Waals surface area contributed by atoms with Gasteiger partial charge in [-0.05, 0) is 52.0 Å². The van der Waals surface area contributed by atoms with E-state index >= 15 is 0 Å². The Morgan fingerprint density at radius 3 is 2.12 bits per heavy atom. The third-order valence-electron chi connectivity index (χ3n) is 5.84. The molecule has 3 amide bonds. The molecule has 3 rings (SSSR count). The molecule has 1 aromatic carbocycles. The molecule has 1 aromatic rings. The van der Waals surface area contributed by atoms with Crippen LogP contribution in [0, 0.1) is 5.92 Å². The first-order valence-electron chi connectivity index (χ1n) is 11.5. The van der Waals surface area contributed by atoms with Crippen LogP contribution < -0.4 is 5.32 Å². The minimum absolute atomic E-state index is 0.0105. The summed E-state index contributed by atoms with van der Waals surface area (Å²) in [5, 5.41) is 2.91. The number of rotatable bonds is 4. The monoisotopic (exact) mass is 445 g/mol. The second-order valence-corrected chi connectivity index (χ2v) is 9.55. The molecule has 0 bridgehead atoms. The summed E-state index contributed by atoms with van der Waals surface area (Å²) in [7, 11) is 0. The standard InChI is InChI=1S/C24H35N3O5/c1-24(2,3)32-23(30)27-13-9-19(10-14-27)21(28)26-15-11-20(12-16-26)25-22(29)31-17-18-7-5-4-6-8-18/h4-8,19-20H,9-17H2,1-3H3,(H,25,29). The zero-order chi connectivity index (χ0) is 23.1. The predicted octanol–water partition coefficient (Wildman–Crippen LogP) is 3.55. The molecule has 2 aliphatic heterocycles. The van der Waals surface area contributed by atoms with Crippen molar-refractivity contribution >= 4 is 18.1 Å². The molecule has 32 heavy (non-hydrogen) atoms. The van der Waals surface area contributed by atoms with Gasteiger partial charge in [-0.2, -0.15) is 0 Å². The molecule has 0 aliphatic carbocycles. The van der Waals surface area contributed by atoms with Crippen LogP contribution in [0.2, 0.25) is 0 Å². The fourth-order valence-electron chi connectivity index (χ4n) is 4.07. The van der Waals surface area contributed by atoms with Gasteiger partial charge in [0.2, 0.25) is 5.91 Å². The summed E-state index contributed by atoms with van der Waals surface area (Å²) in [4.78, 5) is 40.8. The Morgan fingerprint density at radius 1 is 0.938 bits per heavy atom. The summed E-state index contributed by atoms with van der Waals surface area (Å²) in [6.07, 6.45) is 2.00. The van der Waals surface area contributed by atoms with Gasteiger partial charge in [0.15, 0.2) is 0 Å². The number of amides is 3. The Labute approximate surface area is 190 Å². The van der Waals surface area contributed by atoms with Crippen molar-refractivity contribution in [2.75, 3.05) is 26.2 Å². The molecule has 1 N–H and O–H groups in total. The van der Waals surface area contributed by atoms with E-state index in [1.807, 2.05) is 56.0 Å². The molecular formula is C24H35N3O5. The van der Waals surface area contributed by atoms with Crippen LogP contribution in [-0.4, -0.2) is 65.7 Å². The van der Waals surface area contributed by atoms with Gasteiger partial charge in [-0.25, -0.2) is 9.59 Å². The summed E-state index contributed by atoms with van der Waals surface area (Å²) in [5.41, 5.74) is 0.427. The van der Waals surface area contributed by atoms with Crippen LogP contribution >= 0.6 is 0 Å². The Hall–Kier alpha value is -2.77. The Morgan fingerprint density at radius 2 is 1.53 bits per heavy atom. The van der Waals surface area contributed by atoms with E-state index in [1.54, 1.807) is 4.90 Å². The van der Waals surface area contributed by atoms with Gasteiger partial charge in [0.1, 0.15) is 12.2 Å². The van der Waals surface area contributed by atoms with E-state index in [0.29, 0.717) is 51.9 Å². The lowest BCUT2D eigenvalue weighted by molar-refractivity contribution is -0.138. The van der Waals surface area contributed by atoms with Crippen LogP contribution in [0.4, 0.5) is 9.59 Å². The molecule has 2 saturated heterocycles. The molecule has 0 aromatic heterocycles. The van der Waals surface area contributed by atoms with E-state index < -0.39 is 11.7 Å². The lowest BCUT2D eigenvalue weighted by Crippen LogP contribution is -2.50. The summed E-state index contributed by atoms with van der Waals surface area (Å²) in [5.74, 6) is 0.0907. The summed E-state index contributed by atoms with van der Waals surface area (Å²) < 4.78 is 10.7. The quantitative estimate of drug-likeness (QED) is 0.766. The van der Waals surface area contributed by atoms with E-state index in [-0.39, 0.29) is 30.6 Å². The van der Waals surface area contributed by atoms with E-state index in [1.165, 1.54) is 0 Å². The summed E-state index contributed by atoms with van der Waals surface area (Å²) in [6, 6.07) is 9.57. The molecule has 8 heteroatoms. The predicted molar refractivity (Wildman–Crippen MR) is 120 cm³/mol. The van der Waals surface area contributed by atoms with Crippen LogP contribution in [0.5, 0.6) is 0 Å². The van der Waals surface area contributed by atoms with E-state index in [4.69, 9.17) is 9.47 Å². The van der Waals surface area contributed by atoms with Gasteiger partial charge in [0.25, 0.3) is 0 Å². The highest BCUT2D eigenvalue weighted by Crippen LogP contribution is 2.23. The van der Waals surface area contributed by atoms with Gasteiger partial charge in [0.05, 0.1) is 0 Å². The van der Waals surface area contributed by atoms with Gasteiger partial charge in [-0.3, -0.25) is 4.79 Å². The fraction of sp³-hybridized carbons (Fsp3) is 0.625. The molecule has 0 spiro atoms. The number of nitrogens with one attached hydrogen (secondary N) is 1. The van der Waals surface area contributed by atoms with Crippen molar-refractivity contribution in [2.45, 2.75) is 64.7 Å². The highest BCUT2D eigenvalue weighted by atomic mass is 16.6. The number of alkyl carbamates (subject to hydrolysis) is 1. The molecule has 8 nitrogen and oxygen atoms in total. The van der Waals surface area contributed by atoms with Crippen molar-refractivity contribution in [1.82, 2.24) is 15.1 Å². The molecule has 2 fully saturated rings. The molecule has 2 heterocycles. The number of carbonyl (C=O) groups is 3. The number of likely N-dealkylation sites (tertiary alicyclic amines) is 2. The number of piperidine rings is 2. The zero-order valence-corrected chi connectivity index (χ0v) is 19.3. The average Bonchev–Trinajstić information content (AvgIpc) is 2.77. The average molecular weight is 446 g/mol. The largest absolute Gasteiger partial charge is 0.445 e. The van der Waals surface area contributed by atoms with E-state index in [0.717, 1.165) is 5.56 Å². The zero-order valence-electron chi connectivity index (χ0n) is 19.3. The van der Waals surface area contributed by atoms with Crippen molar-refractivity contribution in [2.24, 2.45) is 5.92 Å². The number of carbonyl (C=O) groups excluding carboxylic acids is 3. The van der Waals surface area contributed by atoms with Crippen LogP contribution in [0.15, 0.2) is 30.3 Å². The Kier molecular flexibility index (Phi) is 7.99. The second kappa shape index (κ2) is 10.7. The molecular weight excluding hydrogens is 410 g/mol.